The van der Waals surface area contributed by atoms with Crippen LogP contribution in [0.15, 0.2) is 18.6 Å². The molecule has 0 saturated heterocycles. The molecule has 14 heavy (non-hydrogen) atoms. The zero-order valence-corrected chi connectivity index (χ0v) is 8.52. The van der Waals surface area contributed by atoms with Gasteiger partial charge in [0, 0.05) is 25.6 Å². The highest BCUT2D eigenvalue weighted by molar-refractivity contribution is 6.16. The summed E-state index contributed by atoms with van der Waals surface area (Å²) in [4.78, 5) is 4.11. The first-order chi connectivity index (χ1) is 6.79. The van der Waals surface area contributed by atoms with Crippen molar-refractivity contribution in [2.24, 2.45) is 7.05 Å². The molecule has 6 heteroatoms. The predicted molar refractivity (Wildman–Crippen MR) is 51.9 cm³/mol. The number of hydrogen-bond acceptors (Lipinski definition) is 3. The molecule has 0 spiro atoms. The molecular weight excluding hydrogens is 202 g/mol. The smallest absolute Gasteiger partial charge is 0.123 e. The van der Waals surface area contributed by atoms with Crippen LogP contribution in [-0.2, 0) is 19.5 Å². The monoisotopic (exact) mass is 211 g/mol. The maximum absolute atomic E-state index is 5.72. The molecule has 0 radical (unpaired) electrons. The van der Waals surface area contributed by atoms with Crippen LogP contribution in [0.3, 0.4) is 0 Å². The summed E-state index contributed by atoms with van der Waals surface area (Å²) >= 11 is 5.72. The van der Waals surface area contributed by atoms with Crippen LogP contribution in [0.4, 0.5) is 0 Å². The molecule has 5 nitrogen and oxygen atoms in total. The van der Waals surface area contributed by atoms with Gasteiger partial charge in [0.25, 0.3) is 0 Å². The molecule has 0 bridgehead atoms. The SMILES string of the molecule is Cn1cc(Cn2ccnc2CCl)nn1. The molecule has 0 aliphatic rings. The lowest BCUT2D eigenvalue weighted by atomic mass is 10.4. The third-order valence-electron chi connectivity index (χ3n) is 1.90. The van der Waals surface area contributed by atoms with Gasteiger partial charge in [0.05, 0.1) is 12.4 Å². The fraction of sp³-hybridized carbons (Fsp3) is 0.375. The van der Waals surface area contributed by atoms with E-state index >= 15 is 0 Å². The van der Waals surface area contributed by atoms with Gasteiger partial charge >= 0.3 is 0 Å². The molecule has 0 fully saturated rings. The van der Waals surface area contributed by atoms with Gasteiger partial charge < -0.3 is 4.57 Å². The summed E-state index contributed by atoms with van der Waals surface area (Å²) in [5.74, 6) is 1.25. The Kier molecular flexibility index (Phi) is 2.49. The van der Waals surface area contributed by atoms with E-state index in [1.54, 1.807) is 10.9 Å². The second-order valence-corrected chi connectivity index (χ2v) is 3.26. The Morgan fingerprint density at radius 3 is 3.00 bits per heavy atom. The van der Waals surface area contributed by atoms with E-state index < -0.39 is 0 Å². The van der Waals surface area contributed by atoms with Crippen LogP contribution < -0.4 is 0 Å². The lowest BCUT2D eigenvalue weighted by Gasteiger charge is -2.01. The molecule has 0 aliphatic carbocycles. The van der Waals surface area contributed by atoms with E-state index in [0.717, 1.165) is 11.5 Å². The van der Waals surface area contributed by atoms with Gasteiger partial charge in [-0.3, -0.25) is 4.68 Å². The van der Waals surface area contributed by atoms with Gasteiger partial charge in [-0.1, -0.05) is 5.21 Å². The standard InChI is InChI=1S/C8H10ClN5/c1-13-5-7(11-12-13)6-14-3-2-10-8(14)4-9/h2-3,5H,4,6H2,1H3. The highest BCUT2D eigenvalue weighted by atomic mass is 35.5. The van der Waals surface area contributed by atoms with Crippen LogP contribution in [0.2, 0.25) is 0 Å². The number of imidazole rings is 1. The van der Waals surface area contributed by atoms with Gasteiger partial charge in [-0.05, 0) is 0 Å². The van der Waals surface area contributed by atoms with Crippen LogP contribution in [0, 0.1) is 0 Å². The third kappa shape index (κ3) is 1.77. The van der Waals surface area contributed by atoms with Gasteiger partial charge in [-0.2, -0.15) is 0 Å². The van der Waals surface area contributed by atoms with E-state index in [9.17, 15) is 0 Å². The Hall–Kier alpha value is -1.36. The molecule has 2 heterocycles. The molecular formula is C8H10ClN5. The van der Waals surface area contributed by atoms with E-state index in [2.05, 4.69) is 15.3 Å². The van der Waals surface area contributed by atoms with Crippen molar-refractivity contribution in [3.05, 3.63) is 30.1 Å². The summed E-state index contributed by atoms with van der Waals surface area (Å²) in [7, 11) is 1.84. The maximum Gasteiger partial charge on any atom is 0.123 e. The molecule has 0 saturated carbocycles. The van der Waals surface area contributed by atoms with Crippen molar-refractivity contribution in [3.63, 3.8) is 0 Å². The van der Waals surface area contributed by atoms with E-state index in [-0.39, 0.29) is 0 Å². The van der Waals surface area contributed by atoms with Crippen LogP contribution >= 0.6 is 11.6 Å². The summed E-state index contributed by atoms with van der Waals surface area (Å²) in [6.45, 7) is 0.663. The molecule has 2 rings (SSSR count). The largest absolute Gasteiger partial charge is 0.328 e. The van der Waals surface area contributed by atoms with Crippen LogP contribution in [0.5, 0.6) is 0 Å². The van der Waals surface area contributed by atoms with Gasteiger partial charge in [0.1, 0.15) is 11.5 Å². The summed E-state index contributed by atoms with van der Waals surface area (Å²) in [6.07, 6.45) is 5.48. The molecule has 0 aliphatic heterocycles. The van der Waals surface area contributed by atoms with Crippen molar-refractivity contribution in [2.75, 3.05) is 0 Å². The van der Waals surface area contributed by atoms with Crippen molar-refractivity contribution < 1.29 is 0 Å². The fourth-order valence-corrected chi connectivity index (χ4v) is 1.48. The molecule has 0 N–H and O–H groups in total. The Morgan fingerprint density at radius 1 is 1.50 bits per heavy atom. The first-order valence-corrected chi connectivity index (χ1v) is 4.74. The lowest BCUT2D eigenvalue weighted by molar-refractivity contribution is 0.705. The van der Waals surface area contributed by atoms with E-state index in [1.165, 1.54) is 0 Å². The Balaban J connectivity index is 2.18. The minimum absolute atomic E-state index is 0.410. The summed E-state index contributed by atoms with van der Waals surface area (Å²) < 4.78 is 3.63. The Morgan fingerprint density at radius 2 is 2.36 bits per heavy atom. The van der Waals surface area contributed by atoms with Gasteiger partial charge in [-0.25, -0.2) is 4.98 Å². The molecule has 2 aromatic rings. The molecule has 0 atom stereocenters. The van der Waals surface area contributed by atoms with E-state index in [4.69, 9.17) is 11.6 Å². The van der Waals surface area contributed by atoms with Gasteiger partial charge in [0.2, 0.25) is 0 Å². The van der Waals surface area contributed by atoms with Gasteiger partial charge in [0.15, 0.2) is 0 Å². The highest BCUT2D eigenvalue weighted by Gasteiger charge is 2.04. The molecule has 0 unspecified atom stereocenters. The number of nitrogens with zero attached hydrogens (tertiary/aromatic N) is 5. The maximum atomic E-state index is 5.72. The summed E-state index contributed by atoms with van der Waals surface area (Å²) in [6, 6.07) is 0. The second-order valence-electron chi connectivity index (χ2n) is 2.99. The Bertz CT molecular complexity index is 419. The van der Waals surface area contributed by atoms with Gasteiger partial charge in [-0.15, -0.1) is 16.7 Å². The van der Waals surface area contributed by atoms with Crippen LogP contribution in [-0.4, -0.2) is 24.5 Å². The fourth-order valence-electron chi connectivity index (χ4n) is 1.26. The van der Waals surface area contributed by atoms with Crippen molar-refractivity contribution in [1.29, 1.82) is 0 Å². The number of rotatable bonds is 3. The molecule has 0 aromatic carbocycles. The summed E-state index contributed by atoms with van der Waals surface area (Å²) in [5.41, 5.74) is 0.900. The number of halogens is 1. The molecule has 74 valence electrons. The molecule has 0 amide bonds. The molecule has 2 aromatic heterocycles. The first kappa shape index (κ1) is 9.21. The van der Waals surface area contributed by atoms with Crippen LogP contribution in [0.25, 0.3) is 0 Å². The third-order valence-corrected chi connectivity index (χ3v) is 2.14. The number of alkyl halides is 1. The normalized spacial score (nSPS) is 10.7. The van der Waals surface area contributed by atoms with Crippen molar-refractivity contribution in [1.82, 2.24) is 24.5 Å². The van der Waals surface area contributed by atoms with Crippen molar-refractivity contribution in [2.45, 2.75) is 12.4 Å². The average molecular weight is 212 g/mol. The first-order valence-electron chi connectivity index (χ1n) is 4.21. The van der Waals surface area contributed by atoms with E-state index in [1.807, 2.05) is 24.0 Å². The summed E-state index contributed by atoms with van der Waals surface area (Å²) in [5, 5.41) is 7.84. The average Bonchev–Trinajstić information content (AvgIpc) is 2.76. The quantitative estimate of drug-likeness (QED) is 0.706. The minimum Gasteiger partial charge on any atom is -0.328 e. The number of aromatic nitrogens is 5. The minimum atomic E-state index is 0.410. The zero-order valence-electron chi connectivity index (χ0n) is 7.76. The number of hydrogen-bond donors (Lipinski definition) is 0. The van der Waals surface area contributed by atoms with E-state index in [0.29, 0.717) is 12.4 Å². The number of aryl methyl sites for hydroxylation is 1. The van der Waals surface area contributed by atoms with Crippen molar-refractivity contribution >= 4 is 11.6 Å². The Labute approximate surface area is 86.3 Å². The highest BCUT2D eigenvalue weighted by Crippen LogP contribution is 2.04. The predicted octanol–water partition coefficient (Wildman–Crippen LogP) is 0.799. The topological polar surface area (TPSA) is 48.5 Å². The zero-order chi connectivity index (χ0) is 9.97. The lowest BCUT2D eigenvalue weighted by Crippen LogP contribution is -2.02. The van der Waals surface area contributed by atoms with Crippen molar-refractivity contribution in [3.8, 4) is 0 Å². The van der Waals surface area contributed by atoms with Crippen LogP contribution in [0.1, 0.15) is 11.5 Å². The second kappa shape index (κ2) is 3.79.